The number of esters is 4. The van der Waals surface area contributed by atoms with E-state index in [0.717, 1.165) is 0 Å². The van der Waals surface area contributed by atoms with Gasteiger partial charge in [-0.2, -0.15) is 0 Å². The van der Waals surface area contributed by atoms with E-state index in [2.05, 4.69) is 0 Å². The average molecular weight is 823 g/mol. The second-order valence-corrected chi connectivity index (χ2v) is 15.4. The Kier molecular flexibility index (Phi) is 18.7. The van der Waals surface area contributed by atoms with E-state index in [4.69, 9.17) is 39.9 Å². The van der Waals surface area contributed by atoms with Crippen LogP contribution < -0.4 is 30.4 Å². The van der Waals surface area contributed by atoms with Crippen LogP contribution in [0.25, 0.3) is 12.2 Å². The number of ketones is 2. The van der Waals surface area contributed by atoms with Gasteiger partial charge in [0, 0.05) is 12.8 Å². The van der Waals surface area contributed by atoms with E-state index in [1.54, 1.807) is 53.7 Å². The quantitative estimate of drug-likeness (QED) is 0.0688. The molecule has 2 atom stereocenters. The van der Waals surface area contributed by atoms with E-state index in [1.165, 1.54) is 62.8 Å². The zero-order valence-electron chi connectivity index (χ0n) is 34.7. The third kappa shape index (κ3) is 19.1. The monoisotopic (exact) mass is 822 g/mol. The highest BCUT2D eigenvalue weighted by atomic mass is 16.6. The number of carbonyl (C=O) groups is 8. The molecule has 0 fully saturated rings. The van der Waals surface area contributed by atoms with Crippen LogP contribution in [0.15, 0.2) is 48.6 Å². The lowest BCUT2D eigenvalue weighted by Gasteiger charge is -2.22. The highest BCUT2D eigenvalue weighted by molar-refractivity contribution is 6.11. The number of benzene rings is 2. The van der Waals surface area contributed by atoms with Crippen LogP contribution in [-0.2, 0) is 47.8 Å². The summed E-state index contributed by atoms with van der Waals surface area (Å²) in [6.07, 6.45) is 3.81. The molecule has 0 saturated heterocycles. The van der Waals surface area contributed by atoms with Gasteiger partial charge in [0.05, 0.1) is 45.3 Å². The maximum atomic E-state index is 13.1. The van der Waals surface area contributed by atoms with Crippen molar-refractivity contribution in [1.82, 2.24) is 0 Å². The summed E-state index contributed by atoms with van der Waals surface area (Å²) in [7, 11) is 2.69. The Balaban J connectivity index is 2.08. The lowest BCUT2D eigenvalue weighted by molar-refractivity contribution is -0.159. The SMILES string of the molecule is COc1cc(/C=C/C(=O)CC(=O)/C=C/c2ccc(OC(=O)[C@H](CCC(N)=O)CC(=O)OC(C)(C)C)c(OC)c2)ccc1OC(=O)[C@H](CCC(N)=O)CC(=O)OC(C)(C)C. The first kappa shape index (κ1) is 48.8. The molecule has 2 aromatic rings. The Labute approximate surface area is 343 Å². The first-order chi connectivity index (χ1) is 27.5. The second kappa shape index (κ2) is 22.6. The van der Waals surface area contributed by atoms with Crippen molar-refractivity contribution in [2.24, 2.45) is 23.3 Å². The number of hydrogen-bond donors (Lipinski definition) is 2. The summed E-state index contributed by atoms with van der Waals surface area (Å²) in [4.78, 5) is 99.1. The minimum atomic E-state index is -1.02. The molecule has 0 unspecified atom stereocenters. The van der Waals surface area contributed by atoms with Crippen molar-refractivity contribution in [1.29, 1.82) is 0 Å². The summed E-state index contributed by atoms with van der Waals surface area (Å²) in [6.45, 7) is 10.1. The molecule has 0 aliphatic heterocycles. The minimum absolute atomic E-state index is 0.0278. The third-order valence-corrected chi connectivity index (χ3v) is 7.88. The van der Waals surface area contributed by atoms with E-state index >= 15 is 0 Å². The van der Waals surface area contributed by atoms with Crippen LogP contribution in [0.4, 0.5) is 0 Å². The van der Waals surface area contributed by atoms with Crippen molar-refractivity contribution in [3.8, 4) is 23.0 Å². The topological polar surface area (TPSA) is 244 Å². The van der Waals surface area contributed by atoms with Crippen LogP contribution in [0.2, 0.25) is 0 Å². The van der Waals surface area contributed by atoms with Gasteiger partial charge in [-0.3, -0.25) is 38.4 Å². The number of methoxy groups -OCH3 is 2. The summed E-state index contributed by atoms with van der Waals surface area (Å²) in [5.41, 5.74) is 9.90. The molecule has 2 rings (SSSR count). The maximum Gasteiger partial charge on any atom is 0.315 e. The lowest BCUT2D eigenvalue weighted by atomic mass is 9.99. The number of carbonyl (C=O) groups excluding carboxylic acids is 8. The Morgan fingerprint density at radius 3 is 1.24 bits per heavy atom. The fourth-order valence-electron chi connectivity index (χ4n) is 5.20. The summed E-state index contributed by atoms with van der Waals surface area (Å²) in [5, 5.41) is 0. The van der Waals surface area contributed by atoms with E-state index in [1.807, 2.05) is 0 Å². The average Bonchev–Trinajstić information content (AvgIpc) is 3.12. The highest BCUT2D eigenvalue weighted by Gasteiger charge is 2.30. The number of allylic oxidation sites excluding steroid dienone is 2. The molecule has 320 valence electrons. The summed E-state index contributed by atoms with van der Waals surface area (Å²) < 4.78 is 32.4. The van der Waals surface area contributed by atoms with Gasteiger partial charge in [-0.1, -0.05) is 24.3 Å². The Morgan fingerprint density at radius 1 is 0.576 bits per heavy atom. The molecule has 0 spiro atoms. The Morgan fingerprint density at radius 2 is 0.932 bits per heavy atom. The normalized spacial score (nSPS) is 12.6. The molecule has 0 aromatic heterocycles. The smallest absolute Gasteiger partial charge is 0.315 e. The number of nitrogens with two attached hydrogens (primary N) is 2. The first-order valence-corrected chi connectivity index (χ1v) is 18.7. The molecule has 16 nitrogen and oxygen atoms in total. The molecule has 0 heterocycles. The van der Waals surface area contributed by atoms with Crippen molar-refractivity contribution in [2.75, 3.05) is 14.2 Å². The van der Waals surface area contributed by atoms with Gasteiger partial charge in [0.1, 0.15) is 11.2 Å². The standard InChI is InChI=1S/C43H54N2O14/c1-42(2,3)58-38(50)23-28(13-19-36(44)48)40(52)56-32-17-11-26(21-34(32)54-7)9-15-30(46)25-31(47)16-10-27-12-18-33(35(22-27)55-8)57-41(53)29(14-20-37(45)49)24-39(51)59-43(4,5)6/h9-12,15-18,21-22,28-29H,13-14,19-20,23-25H2,1-8H3,(H2,44,48)(H2,45,49)/b15-9+,16-10+/t28-,29-/m1/s1. The number of rotatable bonds is 22. The zero-order valence-corrected chi connectivity index (χ0v) is 34.7. The fraction of sp³-hybridized carbons (Fsp3) is 0.442. The first-order valence-electron chi connectivity index (χ1n) is 18.7. The second-order valence-electron chi connectivity index (χ2n) is 15.4. The lowest BCUT2D eigenvalue weighted by Crippen LogP contribution is -2.29. The van der Waals surface area contributed by atoms with E-state index < -0.39 is 76.7 Å². The molecule has 16 heteroatoms. The predicted octanol–water partition coefficient (Wildman–Crippen LogP) is 5.00. The van der Waals surface area contributed by atoms with Crippen molar-refractivity contribution < 1.29 is 66.8 Å². The van der Waals surface area contributed by atoms with Gasteiger partial charge in [0.2, 0.25) is 11.8 Å². The highest BCUT2D eigenvalue weighted by Crippen LogP contribution is 2.32. The van der Waals surface area contributed by atoms with Crippen LogP contribution in [0, 0.1) is 11.8 Å². The van der Waals surface area contributed by atoms with Crippen LogP contribution in [0.1, 0.15) is 97.6 Å². The predicted molar refractivity (Wildman–Crippen MR) is 215 cm³/mol. The molecule has 0 bridgehead atoms. The molecule has 0 radical (unpaired) electrons. The van der Waals surface area contributed by atoms with Gasteiger partial charge in [-0.25, -0.2) is 0 Å². The van der Waals surface area contributed by atoms with Crippen molar-refractivity contribution in [2.45, 2.75) is 97.7 Å². The van der Waals surface area contributed by atoms with Gasteiger partial charge in [-0.05, 0) is 102 Å². The van der Waals surface area contributed by atoms with Crippen LogP contribution in [0.5, 0.6) is 23.0 Å². The van der Waals surface area contributed by atoms with Crippen LogP contribution >= 0.6 is 0 Å². The molecule has 0 aliphatic carbocycles. The Hall–Kier alpha value is -6.32. The van der Waals surface area contributed by atoms with Crippen LogP contribution in [-0.4, -0.2) is 72.7 Å². The number of ether oxygens (including phenoxy) is 6. The third-order valence-electron chi connectivity index (χ3n) is 7.88. The molecule has 2 aromatic carbocycles. The fourth-order valence-corrected chi connectivity index (χ4v) is 5.20. The molecular weight excluding hydrogens is 768 g/mol. The summed E-state index contributed by atoms with van der Waals surface area (Å²) >= 11 is 0. The van der Waals surface area contributed by atoms with Crippen molar-refractivity contribution in [3.63, 3.8) is 0 Å². The minimum Gasteiger partial charge on any atom is -0.493 e. The van der Waals surface area contributed by atoms with Crippen LogP contribution in [0.3, 0.4) is 0 Å². The molecule has 2 amide bonds. The van der Waals surface area contributed by atoms with Gasteiger partial charge in [0.25, 0.3) is 0 Å². The van der Waals surface area contributed by atoms with E-state index in [-0.39, 0.29) is 61.5 Å². The molecule has 0 aliphatic rings. The molecule has 59 heavy (non-hydrogen) atoms. The van der Waals surface area contributed by atoms with Gasteiger partial charge in [-0.15, -0.1) is 0 Å². The summed E-state index contributed by atoms with van der Waals surface area (Å²) in [5.74, 6) is -6.90. The maximum absolute atomic E-state index is 13.1. The van der Waals surface area contributed by atoms with Crippen molar-refractivity contribution in [3.05, 3.63) is 59.7 Å². The Bertz CT molecular complexity index is 1800. The van der Waals surface area contributed by atoms with Gasteiger partial charge in [0.15, 0.2) is 34.6 Å². The van der Waals surface area contributed by atoms with Gasteiger partial charge < -0.3 is 39.9 Å². The molecule has 4 N–H and O–H groups in total. The van der Waals surface area contributed by atoms with Crippen molar-refractivity contribution >= 4 is 59.4 Å². The number of primary amides is 2. The number of hydrogen-bond acceptors (Lipinski definition) is 14. The van der Waals surface area contributed by atoms with E-state index in [0.29, 0.717) is 11.1 Å². The van der Waals surface area contributed by atoms with E-state index in [9.17, 15) is 38.4 Å². The summed E-state index contributed by atoms with van der Waals surface area (Å²) in [6, 6.07) is 8.94. The zero-order chi connectivity index (χ0) is 44.5. The molecule has 0 saturated carbocycles. The van der Waals surface area contributed by atoms with Gasteiger partial charge >= 0.3 is 23.9 Å². The number of amides is 2. The largest absolute Gasteiger partial charge is 0.493 e. The molecular formula is C43H54N2O14.